The molecule has 0 spiro atoms. The summed E-state index contributed by atoms with van der Waals surface area (Å²) in [5.74, 6) is 5.61. The number of hydrazine groups is 1. The van der Waals surface area contributed by atoms with Gasteiger partial charge < -0.3 is 4.74 Å². The summed E-state index contributed by atoms with van der Waals surface area (Å²) >= 11 is 1.75. The second kappa shape index (κ2) is 7.68. The van der Waals surface area contributed by atoms with Crippen LogP contribution in [0.2, 0.25) is 0 Å². The Morgan fingerprint density at radius 2 is 2.19 bits per heavy atom. The molecule has 0 aromatic heterocycles. The van der Waals surface area contributed by atoms with Gasteiger partial charge in [-0.1, -0.05) is 18.2 Å². The van der Waals surface area contributed by atoms with Gasteiger partial charge in [0.15, 0.2) is 0 Å². The first-order valence-electron chi connectivity index (χ1n) is 5.41. The van der Waals surface area contributed by atoms with E-state index in [1.165, 1.54) is 10.5 Å². The molecule has 0 bridgehead atoms. The zero-order valence-corrected chi connectivity index (χ0v) is 10.7. The van der Waals surface area contributed by atoms with E-state index < -0.39 is 0 Å². The van der Waals surface area contributed by atoms with E-state index in [0.29, 0.717) is 0 Å². The van der Waals surface area contributed by atoms with E-state index in [1.54, 1.807) is 18.9 Å². The summed E-state index contributed by atoms with van der Waals surface area (Å²) < 4.78 is 5.06. The monoisotopic (exact) mass is 240 g/mol. The van der Waals surface area contributed by atoms with Crippen molar-refractivity contribution in [1.82, 2.24) is 5.43 Å². The summed E-state index contributed by atoms with van der Waals surface area (Å²) in [5.41, 5.74) is 4.15. The highest BCUT2D eigenvalue weighted by atomic mass is 32.2. The van der Waals surface area contributed by atoms with Gasteiger partial charge >= 0.3 is 0 Å². The summed E-state index contributed by atoms with van der Waals surface area (Å²) in [6.45, 7) is 0.777. The first-order chi connectivity index (χ1) is 7.83. The van der Waals surface area contributed by atoms with Crippen molar-refractivity contribution in [3.8, 4) is 0 Å². The van der Waals surface area contributed by atoms with Crippen molar-refractivity contribution in [3.63, 3.8) is 0 Å². The fraction of sp³-hybridized carbons (Fsp3) is 0.500. The normalized spacial score (nSPS) is 12.7. The molecule has 1 aromatic rings. The molecule has 0 saturated heterocycles. The Kier molecular flexibility index (Phi) is 6.49. The lowest BCUT2D eigenvalue weighted by molar-refractivity contribution is 0.188. The molecule has 3 N–H and O–H groups in total. The zero-order chi connectivity index (χ0) is 11.8. The molecule has 1 rings (SSSR count). The molecule has 0 radical (unpaired) electrons. The Labute approximate surface area is 102 Å². The minimum Gasteiger partial charge on any atom is -0.385 e. The summed E-state index contributed by atoms with van der Waals surface area (Å²) in [5, 5.41) is 0. The predicted octanol–water partition coefficient (Wildman–Crippen LogP) is 2.34. The highest BCUT2D eigenvalue weighted by molar-refractivity contribution is 7.98. The number of benzene rings is 1. The molecule has 1 aromatic carbocycles. The van der Waals surface area contributed by atoms with E-state index in [-0.39, 0.29) is 6.04 Å². The van der Waals surface area contributed by atoms with Crippen LogP contribution in [-0.4, -0.2) is 20.0 Å². The molecule has 0 aliphatic carbocycles. The van der Waals surface area contributed by atoms with Crippen LogP contribution in [0.15, 0.2) is 29.2 Å². The van der Waals surface area contributed by atoms with E-state index in [2.05, 4.69) is 35.9 Å². The van der Waals surface area contributed by atoms with Crippen molar-refractivity contribution in [2.75, 3.05) is 20.0 Å². The van der Waals surface area contributed by atoms with Crippen LogP contribution in [-0.2, 0) is 4.74 Å². The van der Waals surface area contributed by atoms with Crippen LogP contribution in [0.4, 0.5) is 0 Å². The Morgan fingerprint density at radius 1 is 1.44 bits per heavy atom. The van der Waals surface area contributed by atoms with Crippen LogP contribution in [0.3, 0.4) is 0 Å². The molecule has 0 aliphatic rings. The average Bonchev–Trinajstić information content (AvgIpc) is 2.35. The molecule has 90 valence electrons. The number of hydrogen-bond donors (Lipinski definition) is 2. The highest BCUT2D eigenvalue weighted by Crippen LogP contribution is 2.27. The second-order valence-corrected chi connectivity index (χ2v) is 4.44. The lowest BCUT2D eigenvalue weighted by atomic mass is 10.0. The van der Waals surface area contributed by atoms with Gasteiger partial charge in [-0.25, -0.2) is 0 Å². The van der Waals surface area contributed by atoms with Crippen molar-refractivity contribution in [3.05, 3.63) is 29.8 Å². The maximum atomic E-state index is 5.61. The highest BCUT2D eigenvalue weighted by Gasteiger charge is 2.12. The minimum absolute atomic E-state index is 0.207. The van der Waals surface area contributed by atoms with Crippen LogP contribution in [0.1, 0.15) is 24.4 Å². The summed E-state index contributed by atoms with van der Waals surface area (Å²) in [6, 6.07) is 8.57. The standard InChI is InChI=1S/C12H20N2OS/c1-15-9-5-7-11(14-13)10-6-3-4-8-12(10)16-2/h3-4,6,8,11,14H,5,7,9,13H2,1-2H3. The molecular weight excluding hydrogens is 220 g/mol. The molecule has 1 atom stereocenters. The van der Waals surface area contributed by atoms with Gasteiger partial charge in [0.2, 0.25) is 0 Å². The van der Waals surface area contributed by atoms with Gasteiger partial charge in [-0.05, 0) is 30.7 Å². The summed E-state index contributed by atoms with van der Waals surface area (Å²) in [4.78, 5) is 1.28. The predicted molar refractivity (Wildman–Crippen MR) is 69.4 cm³/mol. The van der Waals surface area contributed by atoms with E-state index in [0.717, 1.165) is 19.4 Å². The molecule has 1 unspecified atom stereocenters. The van der Waals surface area contributed by atoms with E-state index in [9.17, 15) is 0 Å². The first-order valence-corrected chi connectivity index (χ1v) is 6.64. The van der Waals surface area contributed by atoms with Crippen molar-refractivity contribution in [2.45, 2.75) is 23.8 Å². The number of rotatable bonds is 7. The van der Waals surface area contributed by atoms with Crippen molar-refractivity contribution >= 4 is 11.8 Å². The molecular formula is C12H20N2OS. The second-order valence-electron chi connectivity index (χ2n) is 3.60. The summed E-state index contributed by atoms with van der Waals surface area (Å²) in [7, 11) is 1.72. The van der Waals surface area contributed by atoms with Gasteiger partial charge in [0.1, 0.15) is 0 Å². The molecule has 0 amide bonds. The van der Waals surface area contributed by atoms with Crippen LogP contribution in [0, 0.1) is 0 Å². The Morgan fingerprint density at radius 3 is 2.81 bits per heavy atom. The van der Waals surface area contributed by atoms with Crippen molar-refractivity contribution in [1.29, 1.82) is 0 Å². The van der Waals surface area contributed by atoms with Crippen LogP contribution in [0.25, 0.3) is 0 Å². The lowest BCUT2D eigenvalue weighted by Crippen LogP contribution is -2.28. The lowest BCUT2D eigenvalue weighted by Gasteiger charge is -2.18. The largest absolute Gasteiger partial charge is 0.385 e. The molecule has 3 nitrogen and oxygen atoms in total. The number of hydrogen-bond acceptors (Lipinski definition) is 4. The zero-order valence-electron chi connectivity index (χ0n) is 9.90. The fourth-order valence-corrected chi connectivity index (χ4v) is 2.38. The Bertz CT molecular complexity index is 307. The Balaban J connectivity index is 2.69. The minimum atomic E-state index is 0.207. The smallest absolute Gasteiger partial charge is 0.0471 e. The SMILES string of the molecule is COCCCC(NN)c1ccccc1SC. The number of thioether (sulfide) groups is 1. The maximum Gasteiger partial charge on any atom is 0.0471 e. The van der Waals surface area contributed by atoms with Crippen LogP contribution in [0.5, 0.6) is 0 Å². The number of nitrogens with one attached hydrogen (secondary N) is 1. The van der Waals surface area contributed by atoms with E-state index >= 15 is 0 Å². The number of ether oxygens (including phenoxy) is 1. The first kappa shape index (κ1) is 13.5. The molecule has 0 aliphatic heterocycles. The topological polar surface area (TPSA) is 47.3 Å². The van der Waals surface area contributed by atoms with E-state index in [4.69, 9.17) is 10.6 Å². The number of nitrogens with two attached hydrogens (primary N) is 1. The third kappa shape index (κ3) is 3.79. The average molecular weight is 240 g/mol. The fourth-order valence-electron chi connectivity index (χ4n) is 1.71. The number of methoxy groups -OCH3 is 1. The third-order valence-corrected chi connectivity index (χ3v) is 3.37. The van der Waals surface area contributed by atoms with Gasteiger partial charge in [-0.3, -0.25) is 11.3 Å². The quantitative estimate of drug-likeness (QED) is 0.332. The van der Waals surface area contributed by atoms with Gasteiger partial charge in [-0.15, -0.1) is 11.8 Å². The molecule has 0 fully saturated rings. The molecule has 4 heteroatoms. The summed E-state index contributed by atoms with van der Waals surface area (Å²) in [6.07, 6.45) is 4.08. The Hall–Kier alpha value is -0.550. The van der Waals surface area contributed by atoms with Gasteiger partial charge in [0.25, 0.3) is 0 Å². The third-order valence-electron chi connectivity index (χ3n) is 2.56. The van der Waals surface area contributed by atoms with Gasteiger partial charge in [0, 0.05) is 24.7 Å². The van der Waals surface area contributed by atoms with Crippen LogP contribution < -0.4 is 11.3 Å². The van der Waals surface area contributed by atoms with Crippen molar-refractivity contribution in [2.24, 2.45) is 5.84 Å². The van der Waals surface area contributed by atoms with Gasteiger partial charge in [-0.2, -0.15) is 0 Å². The van der Waals surface area contributed by atoms with Crippen LogP contribution >= 0.6 is 11.8 Å². The van der Waals surface area contributed by atoms with E-state index in [1.807, 2.05) is 0 Å². The van der Waals surface area contributed by atoms with Gasteiger partial charge in [0.05, 0.1) is 0 Å². The molecule has 0 heterocycles. The van der Waals surface area contributed by atoms with Crippen molar-refractivity contribution < 1.29 is 4.74 Å². The maximum absolute atomic E-state index is 5.61. The molecule has 0 saturated carbocycles. The molecule has 16 heavy (non-hydrogen) atoms.